The standard InChI is InChI=1S/C16H16N2O3S/c19-15(13(10-22)6-11-4-2-1-3-5-11)18-14-7-12(16(20)21)8-17-9-14/h1-5,7-9,13,22H,6,10H2,(H,18,19)(H,20,21). The highest BCUT2D eigenvalue weighted by Gasteiger charge is 2.18. The third-order valence-corrected chi connectivity index (χ3v) is 3.61. The van der Waals surface area contributed by atoms with Gasteiger partial charge in [0.2, 0.25) is 5.91 Å². The van der Waals surface area contributed by atoms with Gasteiger partial charge in [-0.25, -0.2) is 4.79 Å². The van der Waals surface area contributed by atoms with Crippen LogP contribution in [0.4, 0.5) is 5.69 Å². The first-order valence-electron chi connectivity index (χ1n) is 6.74. The van der Waals surface area contributed by atoms with Crippen molar-refractivity contribution in [3.8, 4) is 0 Å². The average molecular weight is 316 g/mol. The summed E-state index contributed by atoms with van der Waals surface area (Å²) < 4.78 is 0. The highest BCUT2D eigenvalue weighted by Crippen LogP contribution is 2.15. The minimum atomic E-state index is -1.08. The Morgan fingerprint density at radius 1 is 1.23 bits per heavy atom. The molecule has 1 heterocycles. The smallest absolute Gasteiger partial charge is 0.337 e. The molecule has 0 aliphatic rings. The lowest BCUT2D eigenvalue weighted by Gasteiger charge is -2.14. The van der Waals surface area contributed by atoms with Crippen LogP contribution in [-0.2, 0) is 11.2 Å². The van der Waals surface area contributed by atoms with Gasteiger partial charge in [0.05, 0.1) is 23.4 Å². The number of amides is 1. The van der Waals surface area contributed by atoms with Gasteiger partial charge in [0.1, 0.15) is 0 Å². The van der Waals surface area contributed by atoms with Crippen molar-refractivity contribution in [3.05, 3.63) is 59.9 Å². The van der Waals surface area contributed by atoms with E-state index >= 15 is 0 Å². The lowest BCUT2D eigenvalue weighted by atomic mass is 10.00. The fourth-order valence-electron chi connectivity index (χ4n) is 2.01. The number of carboxylic acids is 1. The van der Waals surface area contributed by atoms with Gasteiger partial charge in [-0.3, -0.25) is 9.78 Å². The molecule has 0 spiro atoms. The number of pyridine rings is 1. The van der Waals surface area contributed by atoms with E-state index in [4.69, 9.17) is 5.11 Å². The molecule has 1 aromatic carbocycles. The second-order valence-corrected chi connectivity index (χ2v) is 5.19. The molecule has 2 aromatic rings. The second kappa shape index (κ2) is 7.61. The summed E-state index contributed by atoms with van der Waals surface area (Å²) in [4.78, 5) is 27.0. The first-order valence-corrected chi connectivity index (χ1v) is 7.37. The van der Waals surface area contributed by atoms with Gasteiger partial charge >= 0.3 is 5.97 Å². The molecular weight excluding hydrogens is 300 g/mol. The number of rotatable bonds is 6. The Morgan fingerprint density at radius 3 is 2.59 bits per heavy atom. The predicted octanol–water partition coefficient (Wildman–Crippen LogP) is 2.51. The zero-order valence-corrected chi connectivity index (χ0v) is 12.7. The van der Waals surface area contributed by atoms with E-state index in [1.54, 1.807) is 0 Å². The maximum Gasteiger partial charge on any atom is 0.337 e. The summed E-state index contributed by atoms with van der Waals surface area (Å²) in [6, 6.07) is 11.0. The maximum absolute atomic E-state index is 12.3. The van der Waals surface area contributed by atoms with Crippen LogP contribution in [0.2, 0.25) is 0 Å². The Hall–Kier alpha value is -2.34. The van der Waals surface area contributed by atoms with Crippen molar-refractivity contribution in [2.45, 2.75) is 6.42 Å². The largest absolute Gasteiger partial charge is 0.478 e. The zero-order chi connectivity index (χ0) is 15.9. The van der Waals surface area contributed by atoms with E-state index < -0.39 is 5.97 Å². The van der Waals surface area contributed by atoms with Crippen LogP contribution in [0.15, 0.2) is 48.8 Å². The molecule has 114 valence electrons. The van der Waals surface area contributed by atoms with E-state index in [2.05, 4.69) is 22.9 Å². The molecule has 0 aliphatic heterocycles. The molecule has 2 N–H and O–H groups in total. The second-order valence-electron chi connectivity index (χ2n) is 4.83. The van der Waals surface area contributed by atoms with Crippen LogP contribution in [0, 0.1) is 5.92 Å². The van der Waals surface area contributed by atoms with Crippen molar-refractivity contribution in [1.29, 1.82) is 0 Å². The SMILES string of the molecule is O=C(O)c1cncc(NC(=O)C(CS)Cc2ccccc2)c1. The summed E-state index contributed by atoms with van der Waals surface area (Å²) in [5, 5.41) is 11.6. The van der Waals surface area contributed by atoms with Crippen molar-refractivity contribution in [2.75, 3.05) is 11.1 Å². The monoisotopic (exact) mass is 316 g/mol. The minimum absolute atomic E-state index is 0.0308. The minimum Gasteiger partial charge on any atom is -0.478 e. The molecule has 0 fully saturated rings. The lowest BCUT2D eigenvalue weighted by Crippen LogP contribution is -2.26. The van der Waals surface area contributed by atoms with Crippen LogP contribution in [0.3, 0.4) is 0 Å². The Balaban J connectivity index is 2.06. The summed E-state index contributed by atoms with van der Waals surface area (Å²) in [6.07, 6.45) is 3.22. The topological polar surface area (TPSA) is 79.3 Å². The number of carboxylic acid groups (broad SMARTS) is 1. The molecule has 1 aromatic heterocycles. The van der Waals surface area contributed by atoms with Crippen LogP contribution in [0.1, 0.15) is 15.9 Å². The van der Waals surface area contributed by atoms with Crippen molar-refractivity contribution in [2.24, 2.45) is 5.92 Å². The molecule has 1 unspecified atom stereocenters. The van der Waals surface area contributed by atoms with Gasteiger partial charge in [-0.05, 0) is 18.1 Å². The fraction of sp³-hybridized carbons (Fsp3) is 0.188. The number of aromatic carboxylic acids is 1. The number of thiol groups is 1. The third kappa shape index (κ3) is 4.33. The van der Waals surface area contributed by atoms with E-state index in [1.807, 2.05) is 30.3 Å². The quantitative estimate of drug-likeness (QED) is 0.716. The van der Waals surface area contributed by atoms with Crippen molar-refractivity contribution in [3.63, 3.8) is 0 Å². The maximum atomic E-state index is 12.3. The molecule has 22 heavy (non-hydrogen) atoms. The van der Waals surface area contributed by atoms with Crippen molar-refractivity contribution in [1.82, 2.24) is 4.98 Å². The third-order valence-electron chi connectivity index (χ3n) is 3.17. The van der Waals surface area contributed by atoms with Gasteiger partial charge in [-0.1, -0.05) is 30.3 Å². The number of hydrogen-bond donors (Lipinski definition) is 3. The molecule has 2 rings (SSSR count). The van der Waals surface area contributed by atoms with Gasteiger partial charge in [0, 0.05) is 11.9 Å². The molecule has 0 bridgehead atoms. The molecule has 0 saturated heterocycles. The molecule has 0 radical (unpaired) electrons. The highest BCUT2D eigenvalue weighted by atomic mass is 32.1. The van der Waals surface area contributed by atoms with Crippen molar-refractivity contribution >= 4 is 30.2 Å². The number of nitrogens with zero attached hydrogens (tertiary/aromatic N) is 1. The molecule has 5 nitrogen and oxygen atoms in total. The summed E-state index contributed by atoms with van der Waals surface area (Å²) >= 11 is 4.23. The van der Waals surface area contributed by atoms with Crippen molar-refractivity contribution < 1.29 is 14.7 Å². The van der Waals surface area contributed by atoms with Gasteiger partial charge < -0.3 is 10.4 Å². The Kier molecular flexibility index (Phi) is 5.55. The molecule has 0 aliphatic carbocycles. The average Bonchev–Trinajstić information content (AvgIpc) is 2.53. The fourth-order valence-corrected chi connectivity index (χ4v) is 2.30. The number of nitrogens with one attached hydrogen (secondary N) is 1. The predicted molar refractivity (Wildman–Crippen MR) is 87.3 cm³/mol. The number of carbonyl (C=O) groups is 2. The lowest BCUT2D eigenvalue weighted by molar-refractivity contribution is -0.119. The highest BCUT2D eigenvalue weighted by molar-refractivity contribution is 7.80. The Bertz CT molecular complexity index is 661. The summed E-state index contributed by atoms with van der Waals surface area (Å²) in [5.41, 5.74) is 1.45. The number of benzene rings is 1. The van der Waals surface area contributed by atoms with E-state index in [1.165, 1.54) is 18.5 Å². The van der Waals surface area contributed by atoms with E-state index in [9.17, 15) is 9.59 Å². The van der Waals surface area contributed by atoms with Crippen LogP contribution in [-0.4, -0.2) is 27.7 Å². The number of hydrogen-bond acceptors (Lipinski definition) is 4. The summed E-state index contributed by atoms with van der Waals surface area (Å²) in [7, 11) is 0. The van der Waals surface area contributed by atoms with Crippen LogP contribution in [0.25, 0.3) is 0 Å². The normalized spacial score (nSPS) is 11.7. The van der Waals surface area contributed by atoms with E-state index in [0.717, 1.165) is 5.56 Å². The zero-order valence-electron chi connectivity index (χ0n) is 11.8. The molecule has 1 amide bonds. The van der Waals surface area contributed by atoms with E-state index in [-0.39, 0.29) is 17.4 Å². The van der Waals surface area contributed by atoms with Crippen LogP contribution < -0.4 is 5.32 Å². The first-order chi connectivity index (χ1) is 10.6. The van der Waals surface area contributed by atoms with Crippen LogP contribution >= 0.6 is 12.6 Å². The number of carbonyl (C=O) groups excluding carboxylic acids is 1. The van der Waals surface area contributed by atoms with Gasteiger partial charge in [0.15, 0.2) is 0 Å². The number of aromatic nitrogens is 1. The molecule has 1 atom stereocenters. The summed E-state index contributed by atoms with van der Waals surface area (Å²) in [6.45, 7) is 0. The van der Waals surface area contributed by atoms with Gasteiger partial charge in [-0.15, -0.1) is 0 Å². The van der Waals surface area contributed by atoms with E-state index in [0.29, 0.717) is 17.9 Å². The molecular formula is C16H16N2O3S. The van der Waals surface area contributed by atoms with Gasteiger partial charge in [-0.2, -0.15) is 12.6 Å². The van der Waals surface area contributed by atoms with Gasteiger partial charge in [0.25, 0.3) is 0 Å². The molecule has 0 saturated carbocycles. The Morgan fingerprint density at radius 2 is 1.95 bits per heavy atom. The van der Waals surface area contributed by atoms with Crippen LogP contribution in [0.5, 0.6) is 0 Å². The Labute approximate surface area is 133 Å². The number of anilines is 1. The molecule has 6 heteroatoms. The first kappa shape index (κ1) is 16.0. The summed E-state index contributed by atoms with van der Waals surface area (Å²) in [5.74, 6) is -1.20.